The Balaban J connectivity index is 1.42. The molecule has 0 heterocycles. The average Bonchev–Trinajstić information content (AvgIpc) is 3.01. The third kappa shape index (κ3) is 12.1. The Labute approximate surface area is 261 Å². The van der Waals surface area contributed by atoms with Crippen molar-refractivity contribution in [2.75, 3.05) is 71.0 Å². The van der Waals surface area contributed by atoms with Crippen LogP contribution in [0.25, 0.3) is 0 Å². The maximum Gasteiger partial charge on any atom is 0.319 e. The number of primary amides is 1. The molecule has 0 radical (unpaired) electrons. The van der Waals surface area contributed by atoms with E-state index in [-0.39, 0.29) is 11.7 Å². The molecule has 0 spiro atoms. The number of hydrogen-bond donors (Lipinski definition) is 5. The number of rotatable bonds is 17. The first-order chi connectivity index (χ1) is 21.4. The third-order valence-corrected chi connectivity index (χ3v) is 6.90. The monoisotopic (exact) mass is 619 g/mol. The Hall–Kier alpha value is -4.38. The molecule has 0 atom stereocenters. The quantitative estimate of drug-likeness (QED) is 0.0658. The normalized spacial score (nSPS) is 10.5. The van der Waals surface area contributed by atoms with Gasteiger partial charge in [-0.05, 0) is 54.5 Å². The molecule has 0 fully saturated rings. The first-order valence-corrected chi connectivity index (χ1v) is 14.6. The van der Waals surface area contributed by atoms with Crippen LogP contribution in [0.2, 0.25) is 0 Å². The summed E-state index contributed by atoms with van der Waals surface area (Å²) >= 11 is 1.36. The molecule has 232 valence electrons. The van der Waals surface area contributed by atoms with E-state index in [1.165, 1.54) is 11.8 Å². The minimum atomic E-state index is -0.506. The van der Waals surface area contributed by atoms with E-state index in [1.807, 2.05) is 18.2 Å². The van der Waals surface area contributed by atoms with Crippen LogP contribution < -0.4 is 22.1 Å². The number of carbonyl (C=O) groups excluding carboxylic acids is 2. The summed E-state index contributed by atoms with van der Waals surface area (Å²) in [5, 5.41) is 13.9. The van der Waals surface area contributed by atoms with E-state index in [1.54, 1.807) is 55.6 Å². The molecule has 0 unspecified atom stereocenters. The van der Waals surface area contributed by atoms with Gasteiger partial charge >= 0.3 is 6.03 Å². The van der Waals surface area contributed by atoms with Crippen LogP contribution >= 0.6 is 11.8 Å². The highest BCUT2D eigenvalue weighted by Crippen LogP contribution is 2.32. The van der Waals surface area contributed by atoms with Crippen LogP contribution in [0, 0.1) is 17.3 Å². The van der Waals surface area contributed by atoms with Gasteiger partial charge in [-0.1, -0.05) is 35.9 Å². The number of amides is 3. The van der Waals surface area contributed by atoms with Crippen LogP contribution in [0.3, 0.4) is 0 Å². The van der Waals surface area contributed by atoms with Gasteiger partial charge in [-0.2, -0.15) is 0 Å². The second-order valence-electron chi connectivity index (χ2n) is 9.13. The number of ether oxygens (including phenoxy) is 4. The summed E-state index contributed by atoms with van der Waals surface area (Å²) in [6.07, 6.45) is 0. The van der Waals surface area contributed by atoms with Crippen LogP contribution in [0.15, 0.2) is 76.5 Å². The summed E-state index contributed by atoms with van der Waals surface area (Å²) in [4.78, 5) is 25.5. The van der Waals surface area contributed by atoms with Crippen LogP contribution in [0.4, 0.5) is 16.2 Å². The highest BCUT2D eigenvalue weighted by atomic mass is 32.2. The van der Waals surface area contributed by atoms with Crippen LogP contribution in [-0.2, 0) is 18.9 Å². The summed E-state index contributed by atoms with van der Waals surface area (Å²) in [6.45, 7) is 3.61. The van der Waals surface area contributed by atoms with Gasteiger partial charge in [-0.15, -0.1) is 0 Å². The smallest absolute Gasteiger partial charge is 0.319 e. The number of methoxy groups -OCH3 is 1. The summed E-state index contributed by atoms with van der Waals surface area (Å²) in [7, 11) is 1.62. The molecule has 0 aliphatic rings. The van der Waals surface area contributed by atoms with E-state index in [9.17, 15) is 9.59 Å². The van der Waals surface area contributed by atoms with E-state index in [2.05, 4.69) is 22.5 Å². The largest absolute Gasteiger partial charge is 0.398 e. The number of benzene rings is 3. The van der Waals surface area contributed by atoms with Gasteiger partial charge in [0.05, 0.1) is 51.8 Å². The van der Waals surface area contributed by atoms with Crippen molar-refractivity contribution in [3.05, 3.63) is 83.4 Å². The topological polar surface area (TPSA) is 171 Å². The van der Waals surface area contributed by atoms with Gasteiger partial charge in [-0.3, -0.25) is 10.2 Å². The average molecular weight is 620 g/mol. The van der Waals surface area contributed by atoms with E-state index in [4.69, 9.17) is 35.8 Å². The van der Waals surface area contributed by atoms with Gasteiger partial charge in [0.1, 0.15) is 5.71 Å². The summed E-state index contributed by atoms with van der Waals surface area (Å²) in [5.41, 5.74) is 14.2. The lowest BCUT2D eigenvalue weighted by Gasteiger charge is -2.09. The van der Waals surface area contributed by atoms with Gasteiger partial charge in [-0.25, -0.2) is 4.79 Å². The van der Waals surface area contributed by atoms with Crippen LogP contribution in [0.1, 0.15) is 21.5 Å². The minimum absolute atomic E-state index is 0.0495. The molecule has 3 aromatic carbocycles. The fraction of sp³-hybridized carbons (Fsp3) is 0.281. The molecule has 0 aromatic heterocycles. The van der Waals surface area contributed by atoms with Crippen LogP contribution in [0.5, 0.6) is 0 Å². The highest BCUT2D eigenvalue weighted by molar-refractivity contribution is 7.99. The van der Waals surface area contributed by atoms with Crippen molar-refractivity contribution in [1.29, 1.82) is 5.41 Å². The second kappa shape index (κ2) is 19.0. The van der Waals surface area contributed by atoms with Crippen molar-refractivity contribution >= 4 is 40.8 Å². The maximum absolute atomic E-state index is 12.3. The number of hydrogen-bond acceptors (Lipinski definition) is 9. The Morgan fingerprint density at radius 2 is 1.57 bits per heavy atom. The van der Waals surface area contributed by atoms with Crippen molar-refractivity contribution in [1.82, 2.24) is 5.32 Å². The molecule has 0 aliphatic carbocycles. The standard InChI is InChI=1S/C32H37N5O6S/c1-40-15-16-42-19-20-43-18-17-41-14-13-36-32(39)37-24-6-4-5-23(21-24)9-12-28(33)26-11-10-25(22-29(26)34)44-30-8-3-2-7-27(30)31(35)38/h2-8,10-11,21-22,33H,13-20,34H2,1H3,(H2,35,38)(H2,36,37,39). The number of nitrogens with two attached hydrogens (primary N) is 2. The first kappa shape index (κ1) is 34.1. The lowest BCUT2D eigenvalue weighted by molar-refractivity contribution is 0.00431. The van der Waals surface area contributed by atoms with E-state index >= 15 is 0 Å². The molecule has 12 heteroatoms. The number of nitrogen functional groups attached to an aromatic ring is 1. The van der Waals surface area contributed by atoms with Crippen molar-refractivity contribution in [2.24, 2.45) is 5.73 Å². The number of carbonyl (C=O) groups is 2. The third-order valence-electron chi connectivity index (χ3n) is 5.83. The molecule has 44 heavy (non-hydrogen) atoms. The Bertz CT molecular complexity index is 1470. The molecule has 3 rings (SSSR count). The van der Waals surface area contributed by atoms with E-state index in [0.717, 1.165) is 9.79 Å². The predicted molar refractivity (Wildman–Crippen MR) is 171 cm³/mol. The Morgan fingerprint density at radius 3 is 2.27 bits per heavy atom. The Kier molecular flexibility index (Phi) is 14.7. The predicted octanol–water partition coefficient (Wildman–Crippen LogP) is 3.76. The van der Waals surface area contributed by atoms with Gasteiger partial charge < -0.3 is 41.0 Å². The van der Waals surface area contributed by atoms with Gasteiger partial charge in [0.25, 0.3) is 0 Å². The lowest BCUT2D eigenvalue weighted by atomic mass is 10.1. The van der Waals surface area contributed by atoms with E-state index < -0.39 is 5.91 Å². The second-order valence-corrected chi connectivity index (χ2v) is 10.2. The molecule has 0 saturated carbocycles. The van der Waals surface area contributed by atoms with E-state index in [0.29, 0.717) is 80.9 Å². The van der Waals surface area contributed by atoms with Crippen molar-refractivity contribution < 1.29 is 28.5 Å². The summed E-state index contributed by atoms with van der Waals surface area (Å²) in [5.74, 6) is 5.27. The number of nitrogens with one attached hydrogen (secondary N) is 3. The minimum Gasteiger partial charge on any atom is -0.398 e. The highest BCUT2D eigenvalue weighted by Gasteiger charge is 2.11. The zero-order chi connectivity index (χ0) is 31.6. The first-order valence-electron chi connectivity index (χ1n) is 13.8. The van der Waals surface area contributed by atoms with Crippen LogP contribution in [-0.4, -0.2) is 77.6 Å². The molecule has 0 saturated heterocycles. The van der Waals surface area contributed by atoms with Gasteiger partial charge in [0, 0.05) is 45.9 Å². The molecular formula is C32H37N5O6S. The molecule has 3 aromatic rings. The zero-order valence-corrected chi connectivity index (χ0v) is 25.3. The SMILES string of the molecule is COCCOCCOCCOCCNC(=O)Nc1cccc(C#CC(=N)c2ccc(Sc3ccccc3C(N)=O)cc2N)c1. The zero-order valence-electron chi connectivity index (χ0n) is 24.5. The van der Waals surface area contributed by atoms with Gasteiger partial charge in [0.2, 0.25) is 5.91 Å². The lowest BCUT2D eigenvalue weighted by Crippen LogP contribution is -2.31. The fourth-order valence-corrected chi connectivity index (χ4v) is 4.69. The molecule has 7 N–H and O–H groups in total. The molecule has 0 bridgehead atoms. The molecule has 3 amide bonds. The maximum atomic E-state index is 12.3. The molecule has 11 nitrogen and oxygen atoms in total. The number of urea groups is 1. The molecular weight excluding hydrogens is 582 g/mol. The Morgan fingerprint density at radius 1 is 0.864 bits per heavy atom. The number of anilines is 2. The summed E-state index contributed by atoms with van der Waals surface area (Å²) in [6, 6.07) is 19.0. The molecule has 0 aliphatic heterocycles. The van der Waals surface area contributed by atoms with Crippen molar-refractivity contribution in [2.45, 2.75) is 9.79 Å². The summed E-state index contributed by atoms with van der Waals surface area (Å²) < 4.78 is 21.0. The van der Waals surface area contributed by atoms with Crippen molar-refractivity contribution in [3.63, 3.8) is 0 Å². The van der Waals surface area contributed by atoms with Crippen molar-refractivity contribution in [3.8, 4) is 11.8 Å². The van der Waals surface area contributed by atoms with Gasteiger partial charge in [0.15, 0.2) is 0 Å². The fourth-order valence-electron chi connectivity index (χ4n) is 3.69.